The van der Waals surface area contributed by atoms with Gasteiger partial charge in [0.15, 0.2) is 0 Å². The average Bonchev–Trinajstić information content (AvgIpc) is 2.42. The van der Waals surface area contributed by atoms with Crippen LogP contribution >= 0.6 is 0 Å². The van der Waals surface area contributed by atoms with Gasteiger partial charge in [-0.15, -0.1) is 0 Å². The van der Waals surface area contributed by atoms with Crippen LogP contribution in [0.1, 0.15) is 18.7 Å². The molecule has 2 amide bonds. The molecule has 1 aromatic heterocycles. The summed E-state index contributed by atoms with van der Waals surface area (Å²) in [7, 11) is 0. The third-order valence-electron chi connectivity index (χ3n) is 2.60. The quantitative estimate of drug-likeness (QED) is 0.889. The first-order valence-corrected chi connectivity index (χ1v) is 5.90. The number of nitrogens with zero attached hydrogens (tertiary/aromatic N) is 1. The van der Waals surface area contributed by atoms with E-state index >= 15 is 0 Å². The fourth-order valence-electron chi connectivity index (χ4n) is 1.62. The number of pyridine rings is 1. The highest BCUT2D eigenvalue weighted by Gasteiger charge is 2.11. The number of carbonyl (C=O) groups excluding carboxylic acids is 1. The molecule has 1 aromatic carbocycles. The molecular weight excluding hydrogens is 245 g/mol. The number of amides is 2. The van der Waals surface area contributed by atoms with E-state index in [9.17, 15) is 9.18 Å². The molecule has 5 heteroatoms. The maximum atomic E-state index is 13.4. The summed E-state index contributed by atoms with van der Waals surface area (Å²) in [6.07, 6.45) is 1.66. The number of rotatable bonds is 3. The molecule has 1 heterocycles. The fourth-order valence-corrected chi connectivity index (χ4v) is 1.62. The number of aromatic nitrogens is 1. The lowest BCUT2D eigenvalue weighted by molar-refractivity contribution is 0.249. The summed E-state index contributed by atoms with van der Waals surface area (Å²) in [5, 5.41) is 5.15. The Kier molecular flexibility index (Phi) is 4.07. The van der Waals surface area contributed by atoms with Crippen LogP contribution in [0.5, 0.6) is 0 Å². The molecule has 2 rings (SSSR count). The summed E-state index contributed by atoms with van der Waals surface area (Å²) in [6.45, 7) is 1.81. The second-order valence-corrected chi connectivity index (χ2v) is 4.05. The highest BCUT2D eigenvalue weighted by atomic mass is 19.1. The van der Waals surface area contributed by atoms with E-state index in [0.29, 0.717) is 0 Å². The Bertz CT molecular complexity index is 560. The van der Waals surface area contributed by atoms with Crippen LogP contribution in [0.3, 0.4) is 0 Å². The van der Waals surface area contributed by atoms with Gasteiger partial charge in [0.25, 0.3) is 0 Å². The van der Waals surface area contributed by atoms with Gasteiger partial charge in [0.1, 0.15) is 5.82 Å². The molecular formula is C14H14FN3O. The van der Waals surface area contributed by atoms with E-state index in [4.69, 9.17) is 0 Å². The average molecular weight is 259 g/mol. The number of hydrogen-bond acceptors (Lipinski definition) is 2. The first-order chi connectivity index (χ1) is 9.16. The Morgan fingerprint density at radius 1 is 1.21 bits per heavy atom. The zero-order valence-corrected chi connectivity index (χ0v) is 10.4. The normalized spacial score (nSPS) is 11.7. The van der Waals surface area contributed by atoms with Crippen LogP contribution in [-0.2, 0) is 0 Å². The van der Waals surface area contributed by atoms with E-state index in [2.05, 4.69) is 15.6 Å². The second-order valence-electron chi connectivity index (χ2n) is 4.05. The molecule has 2 N–H and O–H groups in total. The smallest absolute Gasteiger partial charge is 0.319 e. The topological polar surface area (TPSA) is 54.0 Å². The van der Waals surface area contributed by atoms with E-state index in [1.165, 1.54) is 12.1 Å². The van der Waals surface area contributed by atoms with E-state index in [-0.39, 0.29) is 11.7 Å². The van der Waals surface area contributed by atoms with E-state index in [0.717, 1.165) is 5.69 Å². The maximum absolute atomic E-state index is 13.4. The highest BCUT2D eigenvalue weighted by molar-refractivity contribution is 5.89. The number of halogens is 1. The SMILES string of the molecule is CC(NC(=O)Nc1ccccc1F)c1ccccn1. The molecule has 0 fully saturated rings. The standard InChI is InChI=1S/C14H14FN3O/c1-10(12-7-4-5-9-16-12)17-14(19)18-13-8-3-2-6-11(13)15/h2-10H,1H3,(H2,17,18,19). The second kappa shape index (κ2) is 5.95. The van der Waals surface area contributed by atoms with Crippen molar-refractivity contribution < 1.29 is 9.18 Å². The predicted molar refractivity (Wildman–Crippen MR) is 71.2 cm³/mol. The minimum Gasteiger partial charge on any atom is -0.330 e. The van der Waals surface area contributed by atoms with Crippen LogP contribution in [0.15, 0.2) is 48.7 Å². The minimum atomic E-state index is -0.469. The van der Waals surface area contributed by atoms with Crippen LogP contribution in [0.4, 0.5) is 14.9 Å². The van der Waals surface area contributed by atoms with E-state index < -0.39 is 11.8 Å². The van der Waals surface area contributed by atoms with E-state index in [1.54, 1.807) is 24.4 Å². The van der Waals surface area contributed by atoms with Gasteiger partial charge in [0.05, 0.1) is 17.4 Å². The van der Waals surface area contributed by atoms with E-state index in [1.807, 2.05) is 19.1 Å². The third-order valence-corrected chi connectivity index (χ3v) is 2.60. The zero-order valence-electron chi connectivity index (χ0n) is 10.4. The number of benzene rings is 1. The molecule has 2 aromatic rings. The molecule has 98 valence electrons. The van der Waals surface area contributed by atoms with Crippen molar-refractivity contribution in [1.82, 2.24) is 10.3 Å². The minimum absolute atomic E-state index is 0.147. The first kappa shape index (κ1) is 13.0. The number of anilines is 1. The summed E-state index contributed by atoms with van der Waals surface area (Å²) >= 11 is 0. The summed E-state index contributed by atoms with van der Waals surface area (Å²) in [6, 6.07) is 10.7. The molecule has 0 spiro atoms. The van der Waals surface area contributed by atoms with Gasteiger partial charge in [-0.2, -0.15) is 0 Å². The van der Waals surface area contributed by atoms with Gasteiger partial charge in [-0.3, -0.25) is 4.98 Å². The molecule has 4 nitrogen and oxygen atoms in total. The van der Waals surface area contributed by atoms with Gasteiger partial charge in [0, 0.05) is 6.20 Å². The lowest BCUT2D eigenvalue weighted by Gasteiger charge is -2.14. The van der Waals surface area contributed by atoms with Crippen molar-refractivity contribution >= 4 is 11.7 Å². The number of hydrogen-bond donors (Lipinski definition) is 2. The molecule has 0 radical (unpaired) electrons. The van der Waals surface area contributed by atoms with Crippen LogP contribution in [0.2, 0.25) is 0 Å². The number of nitrogens with one attached hydrogen (secondary N) is 2. The molecule has 0 saturated carbocycles. The molecule has 1 unspecified atom stereocenters. The lowest BCUT2D eigenvalue weighted by Crippen LogP contribution is -2.31. The zero-order chi connectivity index (χ0) is 13.7. The van der Waals surface area contributed by atoms with Crippen molar-refractivity contribution in [2.24, 2.45) is 0 Å². The molecule has 0 saturated heterocycles. The van der Waals surface area contributed by atoms with Crippen LogP contribution in [0.25, 0.3) is 0 Å². The molecule has 0 aliphatic rings. The van der Waals surface area contributed by atoms with Crippen molar-refractivity contribution in [3.8, 4) is 0 Å². The van der Waals surface area contributed by atoms with Crippen LogP contribution in [0, 0.1) is 5.82 Å². The molecule has 0 bridgehead atoms. The van der Waals surface area contributed by atoms with Crippen molar-refractivity contribution in [3.63, 3.8) is 0 Å². The lowest BCUT2D eigenvalue weighted by atomic mass is 10.2. The number of urea groups is 1. The van der Waals surface area contributed by atoms with Gasteiger partial charge < -0.3 is 10.6 Å². The fraction of sp³-hybridized carbons (Fsp3) is 0.143. The summed E-state index contributed by atoms with van der Waals surface area (Å²) < 4.78 is 13.4. The van der Waals surface area contributed by atoms with Gasteiger partial charge in [-0.25, -0.2) is 9.18 Å². The monoisotopic (exact) mass is 259 g/mol. The highest BCUT2D eigenvalue weighted by Crippen LogP contribution is 2.13. The summed E-state index contributed by atoms with van der Waals surface area (Å²) in [5.74, 6) is -0.469. The maximum Gasteiger partial charge on any atom is 0.319 e. The molecule has 19 heavy (non-hydrogen) atoms. The van der Waals surface area contributed by atoms with Gasteiger partial charge >= 0.3 is 6.03 Å². The first-order valence-electron chi connectivity index (χ1n) is 5.90. The van der Waals surface area contributed by atoms with Crippen molar-refractivity contribution in [2.75, 3.05) is 5.32 Å². The predicted octanol–water partition coefficient (Wildman–Crippen LogP) is 3.10. The Morgan fingerprint density at radius 2 is 1.95 bits per heavy atom. The Labute approximate surface area is 110 Å². The Balaban J connectivity index is 1.97. The Hall–Kier alpha value is -2.43. The third kappa shape index (κ3) is 3.51. The van der Waals surface area contributed by atoms with Gasteiger partial charge in [0.2, 0.25) is 0 Å². The summed E-state index contributed by atoms with van der Waals surface area (Å²) in [4.78, 5) is 15.9. The van der Waals surface area contributed by atoms with Crippen LogP contribution in [-0.4, -0.2) is 11.0 Å². The molecule has 0 aliphatic heterocycles. The largest absolute Gasteiger partial charge is 0.330 e. The van der Waals surface area contributed by atoms with Crippen molar-refractivity contribution in [1.29, 1.82) is 0 Å². The van der Waals surface area contributed by atoms with Crippen molar-refractivity contribution in [2.45, 2.75) is 13.0 Å². The van der Waals surface area contributed by atoms with Gasteiger partial charge in [-0.05, 0) is 31.2 Å². The Morgan fingerprint density at radius 3 is 2.63 bits per heavy atom. The molecule has 1 atom stereocenters. The van der Waals surface area contributed by atoms with Crippen molar-refractivity contribution in [3.05, 3.63) is 60.2 Å². The number of para-hydroxylation sites is 1. The van der Waals surface area contributed by atoms with Crippen LogP contribution < -0.4 is 10.6 Å². The summed E-state index contributed by atoms with van der Waals surface area (Å²) in [5.41, 5.74) is 0.888. The molecule has 0 aliphatic carbocycles. The number of carbonyl (C=O) groups is 1. The van der Waals surface area contributed by atoms with Gasteiger partial charge in [-0.1, -0.05) is 18.2 Å².